The van der Waals surface area contributed by atoms with Crippen molar-refractivity contribution in [3.05, 3.63) is 66.2 Å². The summed E-state index contributed by atoms with van der Waals surface area (Å²) in [5, 5.41) is 20.4. The fourth-order valence-corrected chi connectivity index (χ4v) is 2.09. The van der Waals surface area contributed by atoms with Gasteiger partial charge in [0.1, 0.15) is 5.69 Å². The van der Waals surface area contributed by atoms with Crippen molar-refractivity contribution >= 4 is 22.1 Å². The van der Waals surface area contributed by atoms with Crippen molar-refractivity contribution in [3.8, 4) is 5.75 Å². The predicted molar refractivity (Wildman–Crippen MR) is 81.0 cm³/mol. The summed E-state index contributed by atoms with van der Waals surface area (Å²) in [7, 11) is 0. The van der Waals surface area contributed by atoms with Gasteiger partial charge in [0.15, 0.2) is 5.75 Å². The minimum absolute atomic E-state index is 0.172. The van der Waals surface area contributed by atoms with Crippen LogP contribution in [0, 0.1) is 6.92 Å². The SMILES string of the molecule is Cc1ccc2ccc(N=Nc3ccccc3)c(O)c2c1. The van der Waals surface area contributed by atoms with Crippen LogP contribution >= 0.6 is 0 Å². The van der Waals surface area contributed by atoms with Crippen LogP contribution in [0.2, 0.25) is 0 Å². The molecule has 3 aromatic rings. The van der Waals surface area contributed by atoms with Gasteiger partial charge in [-0.1, -0.05) is 42.0 Å². The van der Waals surface area contributed by atoms with Crippen LogP contribution in [0.4, 0.5) is 11.4 Å². The number of phenolic OH excluding ortho intramolecular Hbond substituents is 1. The molecule has 0 atom stereocenters. The number of azo groups is 1. The summed E-state index contributed by atoms with van der Waals surface area (Å²) in [4.78, 5) is 0. The number of benzene rings is 3. The molecular formula is C17H14N2O. The summed E-state index contributed by atoms with van der Waals surface area (Å²) in [6.07, 6.45) is 0. The van der Waals surface area contributed by atoms with Crippen molar-refractivity contribution in [1.29, 1.82) is 0 Å². The molecule has 0 spiro atoms. The van der Waals surface area contributed by atoms with Crippen LogP contribution in [-0.2, 0) is 0 Å². The van der Waals surface area contributed by atoms with Crippen LogP contribution in [0.5, 0.6) is 5.75 Å². The Kier molecular flexibility index (Phi) is 3.17. The van der Waals surface area contributed by atoms with Gasteiger partial charge in [-0.25, -0.2) is 0 Å². The average Bonchev–Trinajstić information content (AvgIpc) is 2.48. The van der Waals surface area contributed by atoms with Gasteiger partial charge in [0.05, 0.1) is 5.69 Å². The summed E-state index contributed by atoms with van der Waals surface area (Å²) in [6.45, 7) is 2.00. The Bertz CT molecular complexity index is 780. The van der Waals surface area contributed by atoms with E-state index in [2.05, 4.69) is 10.2 Å². The standard InChI is InChI=1S/C17H14N2O/c1-12-7-8-13-9-10-16(17(20)15(13)11-12)19-18-14-5-3-2-4-6-14/h2-11,20H,1H3. The second-order valence-corrected chi connectivity index (χ2v) is 4.69. The topological polar surface area (TPSA) is 45.0 Å². The average molecular weight is 262 g/mol. The van der Waals surface area contributed by atoms with Gasteiger partial charge in [-0.15, -0.1) is 5.11 Å². The maximum atomic E-state index is 10.3. The molecule has 1 N–H and O–H groups in total. The molecule has 20 heavy (non-hydrogen) atoms. The van der Waals surface area contributed by atoms with E-state index in [-0.39, 0.29) is 5.75 Å². The predicted octanol–water partition coefficient (Wildman–Crippen LogP) is 5.27. The van der Waals surface area contributed by atoms with Gasteiger partial charge in [0, 0.05) is 5.39 Å². The molecule has 3 rings (SSSR count). The van der Waals surface area contributed by atoms with Gasteiger partial charge < -0.3 is 5.11 Å². The number of rotatable bonds is 2. The first-order valence-electron chi connectivity index (χ1n) is 6.43. The van der Waals surface area contributed by atoms with Gasteiger partial charge in [-0.3, -0.25) is 0 Å². The Morgan fingerprint density at radius 1 is 0.850 bits per heavy atom. The second-order valence-electron chi connectivity index (χ2n) is 4.69. The third-order valence-electron chi connectivity index (χ3n) is 3.16. The minimum Gasteiger partial charge on any atom is -0.505 e. The first kappa shape index (κ1) is 12.4. The van der Waals surface area contributed by atoms with E-state index in [1.807, 2.05) is 61.5 Å². The maximum absolute atomic E-state index is 10.3. The molecule has 0 fully saturated rings. The molecule has 0 aliphatic heterocycles. The molecule has 3 nitrogen and oxygen atoms in total. The first-order valence-corrected chi connectivity index (χ1v) is 6.43. The molecule has 0 aliphatic carbocycles. The van der Waals surface area contributed by atoms with Crippen molar-refractivity contribution in [1.82, 2.24) is 0 Å². The summed E-state index contributed by atoms with van der Waals surface area (Å²) in [5.41, 5.74) is 2.34. The van der Waals surface area contributed by atoms with Crippen molar-refractivity contribution in [2.75, 3.05) is 0 Å². The Balaban J connectivity index is 2.04. The minimum atomic E-state index is 0.172. The zero-order valence-corrected chi connectivity index (χ0v) is 11.1. The highest BCUT2D eigenvalue weighted by Crippen LogP contribution is 2.35. The number of hydrogen-bond donors (Lipinski definition) is 1. The molecule has 0 bridgehead atoms. The highest BCUT2D eigenvalue weighted by Gasteiger charge is 2.06. The number of nitrogens with zero attached hydrogens (tertiary/aromatic N) is 2. The van der Waals surface area contributed by atoms with Gasteiger partial charge in [-0.2, -0.15) is 5.11 Å². The van der Waals surface area contributed by atoms with E-state index in [0.29, 0.717) is 5.69 Å². The van der Waals surface area contributed by atoms with E-state index >= 15 is 0 Å². The summed E-state index contributed by atoms with van der Waals surface area (Å²) >= 11 is 0. The van der Waals surface area contributed by atoms with Crippen LogP contribution in [0.3, 0.4) is 0 Å². The quantitative estimate of drug-likeness (QED) is 0.628. The summed E-state index contributed by atoms with van der Waals surface area (Å²) in [6, 6.07) is 19.1. The van der Waals surface area contributed by atoms with Gasteiger partial charge in [-0.05, 0) is 36.6 Å². The largest absolute Gasteiger partial charge is 0.505 e. The first-order chi connectivity index (χ1) is 9.74. The van der Waals surface area contributed by atoms with E-state index in [1.54, 1.807) is 6.07 Å². The van der Waals surface area contributed by atoms with Crippen molar-refractivity contribution < 1.29 is 5.11 Å². The zero-order valence-electron chi connectivity index (χ0n) is 11.1. The van der Waals surface area contributed by atoms with Crippen LogP contribution in [0.15, 0.2) is 70.9 Å². The van der Waals surface area contributed by atoms with Crippen molar-refractivity contribution in [2.24, 2.45) is 10.2 Å². The molecular weight excluding hydrogens is 248 g/mol. The van der Waals surface area contributed by atoms with Crippen LogP contribution in [-0.4, -0.2) is 5.11 Å². The van der Waals surface area contributed by atoms with Gasteiger partial charge in [0.2, 0.25) is 0 Å². The number of aryl methyl sites for hydroxylation is 1. The smallest absolute Gasteiger partial charge is 0.150 e. The normalized spacial score (nSPS) is 11.2. The molecule has 0 aliphatic rings. The Hall–Kier alpha value is -2.68. The molecule has 98 valence electrons. The second kappa shape index (κ2) is 5.13. The van der Waals surface area contributed by atoms with Crippen molar-refractivity contribution in [3.63, 3.8) is 0 Å². The zero-order chi connectivity index (χ0) is 13.9. The number of phenols is 1. The third kappa shape index (κ3) is 2.38. The van der Waals surface area contributed by atoms with Crippen LogP contribution in [0.25, 0.3) is 10.8 Å². The highest BCUT2D eigenvalue weighted by atomic mass is 16.3. The molecule has 0 aromatic heterocycles. The van der Waals surface area contributed by atoms with Gasteiger partial charge >= 0.3 is 0 Å². The lowest BCUT2D eigenvalue weighted by Crippen LogP contribution is -1.77. The lowest BCUT2D eigenvalue weighted by molar-refractivity contribution is 0.482. The monoisotopic (exact) mass is 262 g/mol. The van der Waals surface area contributed by atoms with E-state index in [4.69, 9.17) is 0 Å². The Labute approximate surface area is 117 Å². The fraction of sp³-hybridized carbons (Fsp3) is 0.0588. The maximum Gasteiger partial charge on any atom is 0.150 e. The number of fused-ring (bicyclic) bond motifs is 1. The Morgan fingerprint density at radius 2 is 1.60 bits per heavy atom. The van der Waals surface area contributed by atoms with E-state index in [0.717, 1.165) is 22.0 Å². The van der Waals surface area contributed by atoms with Crippen molar-refractivity contribution in [2.45, 2.75) is 6.92 Å². The molecule has 0 amide bonds. The highest BCUT2D eigenvalue weighted by molar-refractivity contribution is 5.92. The third-order valence-corrected chi connectivity index (χ3v) is 3.16. The van der Waals surface area contributed by atoms with E-state index in [9.17, 15) is 5.11 Å². The van der Waals surface area contributed by atoms with Gasteiger partial charge in [0.25, 0.3) is 0 Å². The molecule has 0 saturated carbocycles. The molecule has 0 unspecified atom stereocenters. The summed E-state index contributed by atoms with van der Waals surface area (Å²) in [5.74, 6) is 0.172. The molecule has 3 aromatic carbocycles. The van der Waals surface area contributed by atoms with E-state index < -0.39 is 0 Å². The molecule has 0 heterocycles. The molecule has 0 radical (unpaired) electrons. The van der Waals surface area contributed by atoms with E-state index in [1.165, 1.54) is 0 Å². The van der Waals surface area contributed by atoms with Crippen LogP contribution < -0.4 is 0 Å². The lowest BCUT2D eigenvalue weighted by atomic mass is 10.1. The lowest BCUT2D eigenvalue weighted by Gasteiger charge is -2.04. The fourth-order valence-electron chi connectivity index (χ4n) is 2.09. The summed E-state index contributed by atoms with van der Waals surface area (Å²) < 4.78 is 0. The Morgan fingerprint density at radius 3 is 2.40 bits per heavy atom. The van der Waals surface area contributed by atoms with Crippen LogP contribution in [0.1, 0.15) is 5.56 Å². The molecule has 0 saturated heterocycles. The molecule has 3 heteroatoms. The number of hydrogen-bond acceptors (Lipinski definition) is 3. The number of aromatic hydroxyl groups is 1.